The summed E-state index contributed by atoms with van der Waals surface area (Å²) < 4.78 is 0. The zero-order chi connectivity index (χ0) is 19.9. The maximum absolute atomic E-state index is 12.7. The first-order chi connectivity index (χ1) is 13.6. The molecule has 0 aliphatic heterocycles. The summed E-state index contributed by atoms with van der Waals surface area (Å²) in [5.41, 5.74) is 2.11. The van der Waals surface area contributed by atoms with Crippen LogP contribution < -0.4 is 15.5 Å². The Morgan fingerprint density at radius 3 is 2.39 bits per heavy atom. The number of carbonyl (C=O) groups is 2. The van der Waals surface area contributed by atoms with Crippen LogP contribution in [0, 0.1) is 0 Å². The van der Waals surface area contributed by atoms with Crippen LogP contribution >= 0.6 is 23.6 Å². The van der Waals surface area contributed by atoms with Gasteiger partial charge in [0.25, 0.3) is 11.8 Å². The first kappa shape index (κ1) is 19.7. The van der Waals surface area contributed by atoms with Gasteiger partial charge < -0.3 is 10.2 Å². The third-order valence-electron chi connectivity index (χ3n) is 4.08. The second-order valence-corrected chi connectivity index (χ2v) is 7.32. The van der Waals surface area contributed by atoms with Crippen molar-refractivity contribution in [2.24, 2.45) is 0 Å². The molecule has 0 bridgehead atoms. The molecule has 0 atom stereocenters. The molecule has 0 saturated heterocycles. The molecule has 0 fully saturated rings. The molecule has 3 aromatic rings. The van der Waals surface area contributed by atoms with Gasteiger partial charge in [0.1, 0.15) is 0 Å². The van der Waals surface area contributed by atoms with Crippen LogP contribution in [0.25, 0.3) is 0 Å². The van der Waals surface area contributed by atoms with Gasteiger partial charge in [0.15, 0.2) is 5.11 Å². The number of thiophene rings is 1. The zero-order valence-electron chi connectivity index (χ0n) is 15.2. The predicted molar refractivity (Wildman–Crippen MR) is 117 cm³/mol. The van der Waals surface area contributed by atoms with Gasteiger partial charge in [-0.25, -0.2) is 0 Å². The quantitative estimate of drug-likeness (QED) is 0.629. The van der Waals surface area contributed by atoms with Crippen LogP contribution in [0.5, 0.6) is 0 Å². The maximum atomic E-state index is 12.7. The van der Waals surface area contributed by atoms with Crippen molar-refractivity contribution >= 4 is 46.2 Å². The van der Waals surface area contributed by atoms with Gasteiger partial charge in [-0.2, -0.15) is 0 Å². The molecule has 0 aliphatic rings. The zero-order valence-corrected chi connectivity index (χ0v) is 16.8. The molecule has 0 radical (unpaired) electrons. The van der Waals surface area contributed by atoms with Gasteiger partial charge in [-0.1, -0.05) is 48.5 Å². The average Bonchev–Trinajstić information content (AvgIpc) is 3.27. The molecule has 2 N–H and O–H groups in total. The van der Waals surface area contributed by atoms with Crippen molar-refractivity contribution in [3.63, 3.8) is 0 Å². The summed E-state index contributed by atoms with van der Waals surface area (Å²) in [6.07, 6.45) is 0. The number of amides is 2. The topological polar surface area (TPSA) is 61.4 Å². The molecule has 2 amide bonds. The number of hydrogen-bond donors (Lipinski definition) is 2. The Bertz CT molecular complexity index is 972. The smallest absolute Gasteiger partial charge is 0.267 e. The van der Waals surface area contributed by atoms with E-state index in [1.165, 1.54) is 11.3 Å². The SMILES string of the molecule is CN(C(=S)NC(=O)c1cccs1)c1ccccc1C(=O)NCc1ccccc1. The van der Waals surface area contributed by atoms with E-state index >= 15 is 0 Å². The van der Waals surface area contributed by atoms with Crippen LogP contribution in [-0.4, -0.2) is 24.0 Å². The van der Waals surface area contributed by atoms with Crippen molar-refractivity contribution in [1.29, 1.82) is 0 Å². The number of nitrogens with one attached hydrogen (secondary N) is 2. The molecule has 0 spiro atoms. The molecule has 28 heavy (non-hydrogen) atoms. The van der Waals surface area contributed by atoms with Gasteiger partial charge in [0, 0.05) is 13.6 Å². The number of nitrogens with zero attached hydrogens (tertiary/aromatic N) is 1. The highest BCUT2D eigenvalue weighted by Crippen LogP contribution is 2.20. The number of anilines is 1. The number of para-hydroxylation sites is 1. The van der Waals surface area contributed by atoms with E-state index in [2.05, 4.69) is 10.6 Å². The van der Waals surface area contributed by atoms with Gasteiger partial charge in [-0.3, -0.25) is 14.9 Å². The van der Waals surface area contributed by atoms with Gasteiger partial charge in [0.05, 0.1) is 16.1 Å². The minimum Gasteiger partial charge on any atom is -0.348 e. The van der Waals surface area contributed by atoms with Crippen LogP contribution in [0.4, 0.5) is 5.69 Å². The Kier molecular flexibility index (Phi) is 6.52. The van der Waals surface area contributed by atoms with Gasteiger partial charge in [0.2, 0.25) is 0 Å². The lowest BCUT2D eigenvalue weighted by Gasteiger charge is -2.22. The number of thiocarbonyl (C=S) groups is 1. The number of benzene rings is 2. The van der Waals surface area contributed by atoms with Crippen LogP contribution in [0.15, 0.2) is 72.1 Å². The highest BCUT2D eigenvalue weighted by Gasteiger charge is 2.18. The number of carbonyl (C=O) groups excluding carboxylic acids is 2. The van der Waals surface area contributed by atoms with E-state index < -0.39 is 0 Å². The molecule has 1 aromatic heterocycles. The molecule has 0 saturated carbocycles. The first-order valence-corrected chi connectivity index (χ1v) is 9.89. The van der Waals surface area contributed by atoms with Crippen LogP contribution in [0.2, 0.25) is 0 Å². The van der Waals surface area contributed by atoms with E-state index in [1.807, 2.05) is 41.8 Å². The Morgan fingerprint density at radius 1 is 0.964 bits per heavy atom. The highest BCUT2D eigenvalue weighted by molar-refractivity contribution is 7.80. The summed E-state index contributed by atoms with van der Waals surface area (Å²) in [4.78, 5) is 27.1. The van der Waals surface area contributed by atoms with E-state index in [-0.39, 0.29) is 16.9 Å². The first-order valence-electron chi connectivity index (χ1n) is 8.60. The van der Waals surface area contributed by atoms with E-state index in [0.717, 1.165) is 5.56 Å². The second kappa shape index (κ2) is 9.25. The standard InChI is InChI=1S/C21H19N3O2S2/c1-24(21(27)23-20(26)18-12-7-13-28-18)17-11-6-5-10-16(17)19(25)22-14-15-8-3-2-4-9-15/h2-13H,14H2,1H3,(H,22,25)(H,23,26,27). The molecular weight excluding hydrogens is 390 g/mol. The third kappa shape index (κ3) is 4.82. The van der Waals surface area contributed by atoms with Gasteiger partial charge in [-0.15, -0.1) is 11.3 Å². The van der Waals surface area contributed by atoms with Crippen molar-refractivity contribution < 1.29 is 9.59 Å². The molecule has 3 rings (SSSR count). The molecule has 7 heteroatoms. The molecule has 0 aliphatic carbocycles. The minimum absolute atomic E-state index is 0.210. The fourth-order valence-electron chi connectivity index (χ4n) is 2.59. The van der Waals surface area contributed by atoms with E-state index in [0.29, 0.717) is 22.7 Å². The summed E-state index contributed by atoms with van der Waals surface area (Å²) in [5.74, 6) is -0.475. The van der Waals surface area contributed by atoms with Crippen LogP contribution in [0.1, 0.15) is 25.6 Å². The van der Waals surface area contributed by atoms with Crippen molar-refractivity contribution in [3.8, 4) is 0 Å². The van der Waals surface area contributed by atoms with Crippen molar-refractivity contribution in [2.75, 3.05) is 11.9 Å². The highest BCUT2D eigenvalue weighted by atomic mass is 32.1. The second-order valence-electron chi connectivity index (χ2n) is 5.98. The third-order valence-corrected chi connectivity index (χ3v) is 5.32. The Labute approximate surface area is 173 Å². The monoisotopic (exact) mass is 409 g/mol. The van der Waals surface area contributed by atoms with E-state index in [9.17, 15) is 9.59 Å². The largest absolute Gasteiger partial charge is 0.348 e. The van der Waals surface area contributed by atoms with Crippen molar-refractivity contribution in [1.82, 2.24) is 10.6 Å². The molecule has 0 unspecified atom stereocenters. The summed E-state index contributed by atoms with van der Waals surface area (Å²) in [5, 5.41) is 7.67. The Balaban J connectivity index is 1.70. The fraction of sp³-hybridized carbons (Fsp3) is 0.0952. The fourth-order valence-corrected chi connectivity index (χ4v) is 3.40. The molecular formula is C21H19N3O2S2. The minimum atomic E-state index is -0.266. The summed E-state index contributed by atoms with van der Waals surface area (Å²) in [6.45, 7) is 0.428. The lowest BCUT2D eigenvalue weighted by atomic mass is 10.1. The van der Waals surface area contributed by atoms with Crippen LogP contribution in [0.3, 0.4) is 0 Å². The van der Waals surface area contributed by atoms with E-state index in [4.69, 9.17) is 12.2 Å². The number of rotatable bonds is 5. The van der Waals surface area contributed by atoms with Crippen molar-refractivity contribution in [3.05, 3.63) is 88.1 Å². The van der Waals surface area contributed by atoms with Gasteiger partial charge >= 0.3 is 0 Å². The Hall–Kier alpha value is -3.03. The lowest BCUT2D eigenvalue weighted by molar-refractivity contribution is 0.0950. The van der Waals surface area contributed by atoms with Crippen LogP contribution in [-0.2, 0) is 6.54 Å². The average molecular weight is 410 g/mol. The van der Waals surface area contributed by atoms with Gasteiger partial charge in [-0.05, 0) is 41.4 Å². The van der Waals surface area contributed by atoms with Crippen molar-refractivity contribution in [2.45, 2.75) is 6.54 Å². The summed E-state index contributed by atoms with van der Waals surface area (Å²) in [7, 11) is 1.72. The predicted octanol–water partition coefficient (Wildman–Crippen LogP) is 3.83. The van der Waals surface area contributed by atoms with E-state index in [1.54, 1.807) is 42.3 Å². The normalized spacial score (nSPS) is 10.2. The summed E-state index contributed by atoms with van der Waals surface area (Å²) in [6, 6.07) is 20.4. The molecule has 2 aromatic carbocycles. The number of hydrogen-bond acceptors (Lipinski definition) is 4. The molecule has 5 nitrogen and oxygen atoms in total. The maximum Gasteiger partial charge on any atom is 0.267 e. The molecule has 1 heterocycles. The lowest BCUT2D eigenvalue weighted by Crippen LogP contribution is -2.41. The summed E-state index contributed by atoms with van der Waals surface area (Å²) >= 11 is 6.70. The molecule has 142 valence electrons. The Morgan fingerprint density at radius 2 is 1.68 bits per heavy atom.